The van der Waals surface area contributed by atoms with E-state index in [1.165, 1.54) is 16.8 Å². The van der Waals surface area contributed by atoms with E-state index in [0.29, 0.717) is 11.8 Å². The van der Waals surface area contributed by atoms with Crippen LogP contribution in [-0.2, 0) is 11.3 Å². The van der Waals surface area contributed by atoms with Gasteiger partial charge < -0.3 is 4.90 Å². The Kier molecular flexibility index (Phi) is 3.74. The zero-order valence-electron chi connectivity index (χ0n) is 13.2. The lowest BCUT2D eigenvalue weighted by atomic mass is 9.93. The second-order valence-electron chi connectivity index (χ2n) is 6.45. The Bertz CT molecular complexity index is 733. The van der Waals surface area contributed by atoms with E-state index in [1.54, 1.807) is 0 Å². The topological polar surface area (TPSA) is 20.3 Å². The maximum absolute atomic E-state index is 12.4. The first-order valence-electron chi connectivity index (χ1n) is 8.43. The number of hydrogen-bond donors (Lipinski definition) is 0. The van der Waals surface area contributed by atoms with Crippen molar-refractivity contribution in [2.24, 2.45) is 0 Å². The largest absolute Gasteiger partial charge is 0.363 e. The van der Waals surface area contributed by atoms with Crippen LogP contribution in [0.4, 0.5) is 0 Å². The lowest BCUT2D eigenvalue weighted by molar-refractivity contribution is -0.116. The van der Waals surface area contributed by atoms with Crippen LogP contribution in [0.15, 0.2) is 71.9 Å². The van der Waals surface area contributed by atoms with E-state index in [-0.39, 0.29) is 0 Å². The van der Waals surface area contributed by atoms with Crippen molar-refractivity contribution < 1.29 is 4.79 Å². The molecule has 4 rings (SSSR count). The van der Waals surface area contributed by atoms with Gasteiger partial charge in [-0.05, 0) is 24.0 Å². The Hall–Kier alpha value is -2.35. The van der Waals surface area contributed by atoms with Crippen LogP contribution in [0.2, 0.25) is 0 Å². The Morgan fingerprint density at radius 1 is 0.913 bits per heavy atom. The summed E-state index contributed by atoms with van der Waals surface area (Å²) < 4.78 is 0. The van der Waals surface area contributed by atoms with Crippen molar-refractivity contribution in [3.05, 3.63) is 83.1 Å². The van der Waals surface area contributed by atoms with Crippen LogP contribution in [0.5, 0.6) is 0 Å². The number of hydrogen-bond acceptors (Lipinski definition) is 2. The van der Waals surface area contributed by atoms with Gasteiger partial charge in [0.15, 0.2) is 5.78 Å². The lowest BCUT2D eigenvalue weighted by Crippen LogP contribution is -2.24. The maximum Gasteiger partial charge on any atom is 0.160 e. The second-order valence-corrected chi connectivity index (χ2v) is 6.45. The average molecular weight is 303 g/mol. The summed E-state index contributed by atoms with van der Waals surface area (Å²) >= 11 is 0. The molecule has 1 unspecified atom stereocenters. The Morgan fingerprint density at radius 3 is 2.35 bits per heavy atom. The molecular formula is C21H21NO. The van der Waals surface area contributed by atoms with Gasteiger partial charge >= 0.3 is 0 Å². The number of carbonyl (C=O) groups is 1. The molecule has 0 saturated carbocycles. The van der Waals surface area contributed by atoms with Crippen LogP contribution in [0.1, 0.15) is 42.9 Å². The monoisotopic (exact) mass is 303 g/mol. The van der Waals surface area contributed by atoms with Gasteiger partial charge in [0.1, 0.15) is 0 Å². The fourth-order valence-electron chi connectivity index (χ4n) is 3.88. The molecule has 0 amide bonds. The Balaban J connectivity index is 1.71. The van der Waals surface area contributed by atoms with Crippen LogP contribution in [0.25, 0.3) is 0 Å². The first-order chi connectivity index (χ1) is 11.3. The van der Waals surface area contributed by atoms with Gasteiger partial charge in [0, 0.05) is 30.7 Å². The SMILES string of the molecule is O=C1CCCC2=C1CC(c1ccccc1)N2Cc1ccccc1. The molecular weight excluding hydrogens is 282 g/mol. The number of nitrogens with zero attached hydrogens (tertiary/aromatic N) is 1. The summed E-state index contributed by atoms with van der Waals surface area (Å²) in [6, 6.07) is 21.5. The number of ketones is 1. The van der Waals surface area contributed by atoms with E-state index in [0.717, 1.165) is 37.8 Å². The van der Waals surface area contributed by atoms with Gasteiger partial charge in [-0.15, -0.1) is 0 Å². The minimum atomic E-state index is 0.295. The van der Waals surface area contributed by atoms with Crippen LogP contribution in [0.3, 0.4) is 0 Å². The third-order valence-corrected chi connectivity index (χ3v) is 5.00. The number of rotatable bonds is 3. The molecule has 0 N–H and O–H groups in total. The highest BCUT2D eigenvalue weighted by Crippen LogP contribution is 2.44. The van der Waals surface area contributed by atoms with Crippen molar-refractivity contribution in [2.45, 2.75) is 38.3 Å². The van der Waals surface area contributed by atoms with Crippen molar-refractivity contribution in [3.63, 3.8) is 0 Å². The molecule has 1 heterocycles. The quantitative estimate of drug-likeness (QED) is 0.823. The molecule has 2 aromatic rings. The van der Waals surface area contributed by atoms with Gasteiger partial charge in [0.05, 0.1) is 6.04 Å². The van der Waals surface area contributed by atoms with Crippen molar-refractivity contribution in [1.29, 1.82) is 0 Å². The van der Waals surface area contributed by atoms with E-state index >= 15 is 0 Å². The summed E-state index contributed by atoms with van der Waals surface area (Å²) in [4.78, 5) is 14.8. The fraction of sp³-hybridized carbons (Fsp3) is 0.286. The van der Waals surface area contributed by atoms with Gasteiger partial charge in [0.2, 0.25) is 0 Å². The second kappa shape index (κ2) is 6.04. The Morgan fingerprint density at radius 2 is 1.61 bits per heavy atom. The Labute approximate surface area is 137 Å². The van der Waals surface area contributed by atoms with Crippen molar-refractivity contribution in [3.8, 4) is 0 Å². The van der Waals surface area contributed by atoms with Crippen LogP contribution in [-0.4, -0.2) is 10.7 Å². The summed E-state index contributed by atoms with van der Waals surface area (Å²) in [7, 11) is 0. The average Bonchev–Trinajstić information content (AvgIpc) is 2.97. The van der Waals surface area contributed by atoms with E-state index in [9.17, 15) is 4.79 Å². The molecule has 0 bridgehead atoms. The third-order valence-electron chi connectivity index (χ3n) is 5.00. The first kappa shape index (κ1) is 14.3. The highest BCUT2D eigenvalue weighted by molar-refractivity contribution is 5.97. The molecule has 1 aliphatic carbocycles. The van der Waals surface area contributed by atoms with Crippen molar-refractivity contribution >= 4 is 5.78 Å². The molecule has 23 heavy (non-hydrogen) atoms. The molecule has 0 spiro atoms. The fourth-order valence-corrected chi connectivity index (χ4v) is 3.88. The minimum absolute atomic E-state index is 0.295. The molecule has 0 aromatic heterocycles. The zero-order chi connectivity index (χ0) is 15.6. The van der Waals surface area contributed by atoms with Gasteiger partial charge in [-0.3, -0.25) is 4.79 Å². The summed E-state index contributed by atoms with van der Waals surface area (Å²) in [5.74, 6) is 0.364. The molecule has 2 heteroatoms. The summed E-state index contributed by atoms with van der Waals surface area (Å²) in [6.45, 7) is 0.881. The molecule has 116 valence electrons. The molecule has 0 fully saturated rings. The normalized spacial score (nSPS) is 20.8. The number of allylic oxidation sites excluding steroid dienone is 1. The molecule has 1 atom stereocenters. The molecule has 1 aliphatic heterocycles. The molecule has 2 aliphatic rings. The first-order valence-corrected chi connectivity index (χ1v) is 8.43. The number of Topliss-reactive ketones (excluding diaryl/α,β-unsaturated/α-hetero) is 1. The molecule has 0 radical (unpaired) electrons. The summed E-state index contributed by atoms with van der Waals surface area (Å²) in [5.41, 5.74) is 4.99. The van der Waals surface area contributed by atoms with Gasteiger partial charge in [-0.25, -0.2) is 0 Å². The molecule has 0 saturated heterocycles. The third kappa shape index (κ3) is 2.70. The molecule has 2 nitrogen and oxygen atoms in total. The minimum Gasteiger partial charge on any atom is -0.363 e. The van der Waals surface area contributed by atoms with Crippen LogP contribution in [0, 0.1) is 0 Å². The van der Waals surface area contributed by atoms with Crippen molar-refractivity contribution in [2.75, 3.05) is 0 Å². The standard InChI is InChI=1S/C21H21NO/c23-21-13-7-12-19-18(21)14-20(17-10-5-2-6-11-17)22(19)15-16-8-3-1-4-9-16/h1-6,8-11,20H,7,12-15H2. The van der Waals surface area contributed by atoms with Crippen molar-refractivity contribution in [1.82, 2.24) is 4.90 Å². The lowest BCUT2D eigenvalue weighted by Gasteiger charge is -2.31. The maximum atomic E-state index is 12.4. The van der Waals surface area contributed by atoms with E-state index < -0.39 is 0 Å². The highest BCUT2D eigenvalue weighted by atomic mass is 16.1. The predicted octanol–water partition coefficient (Wildman–Crippen LogP) is 4.64. The van der Waals surface area contributed by atoms with Gasteiger partial charge in [0.25, 0.3) is 0 Å². The number of carbonyl (C=O) groups excluding carboxylic acids is 1. The van der Waals surface area contributed by atoms with Gasteiger partial charge in [-0.1, -0.05) is 60.7 Å². The summed E-state index contributed by atoms with van der Waals surface area (Å²) in [5, 5.41) is 0. The molecule has 2 aromatic carbocycles. The zero-order valence-corrected chi connectivity index (χ0v) is 13.2. The van der Waals surface area contributed by atoms with E-state index in [1.807, 2.05) is 0 Å². The number of benzene rings is 2. The van der Waals surface area contributed by atoms with Crippen LogP contribution < -0.4 is 0 Å². The highest BCUT2D eigenvalue weighted by Gasteiger charge is 2.36. The van der Waals surface area contributed by atoms with E-state index in [4.69, 9.17) is 0 Å². The van der Waals surface area contributed by atoms with Gasteiger partial charge in [-0.2, -0.15) is 0 Å². The predicted molar refractivity (Wildman–Crippen MR) is 91.7 cm³/mol. The smallest absolute Gasteiger partial charge is 0.160 e. The van der Waals surface area contributed by atoms with Crippen LogP contribution >= 0.6 is 0 Å². The summed E-state index contributed by atoms with van der Waals surface area (Å²) in [6.07, 6.45) is 3.62. The van der Waals surface area contributed by atoms with E-state index in [2.05, 4.69) is 65.6 Å².